The van der Waals surface area contributed by atoms with Gasteiger partial charge in [0.15, 0.2) is 11.5 Å². The van der Waals surface area contributed by atoms with Gasteiger partial charge in [0, 0.05) is 6.08 Å². The number of rotatable bonds is 7. The molecule has 1 aromatic carbocycles. The third kappa shape index (κ3) is 4.49. The van der Waals surface area contributed by atoms with Crippen LogP contribution in [0, 0.1) is 0 Å². The fourth-order valence-electron chi connectivity index (χ4n) is 3.11. The standard InChI is InChI=1S/C19H24ClNO5/c1-4-26-18(23)19(9-5-6-10-19)21-16(22)8-7-13-11-14(20)17(25-3)15(12-13)24-2/h7-8,11-12H,4-6,9-10H2,1-3H3,(H,21,22)/b8-7+. The van der Waals surface area contributed by atoms with E-state index in [1.165, 1.54) is 20.3 Å². The Balaban J connectivity index is 2.14. The SMILES string of the molecule is CCOC(=O)C1(NC(=O)/C=C/c2cc(Cl)c(OC)c(OC)c2)CCCC1. The van der Waals surface area contributed by atoms with E-state index >= 15 is 0 Å². The van der Waals surface area contributed by atoms with Crippen LogP contribution in [0.2, 0.25) is 5.02 Å². The summed E-state index contributed by atoms with van der Waals surface area (Å²) < 4.78 is 15.6. The van der Waals surface area contributed by atoms with E-state index in [4.69, 9.17) is 25.8 Å². The Kier molecular flexibility index (Phi) is 6.91. The molecule has 1 amide bonds. The lowest BCUT2D eigenvalue weighted by atomic mass is 9.97. The van der Waals surface area contributed by atoms with Gasteiger partial charge in [0.25, 0.3) is 0 Å². The Morgan fingerprint density at radius 3 is 2.50 bits per heavy atom. The van der Waals surface area contributed by atoms with Crippen molar-refractivity contribution in [2.24, 2.45) is 0 Å². The van der Waals surface area contributed by atoms with Gasteiger partial charge in [0.2, 0.25) is 5.91 Å². The number of methoxy groups -OCH3 is 2. The first kappa shape index (κ1) is 20.1. The molecule has 1 fully saturated rings. The van der Waals surface area contributed by atoms with Gasteiger partial charge in [-0.25, -0.2) is 4.79 Å². The first-order valence-electron chi connectivity index (χ1n) is 8.54. The van der Waals surface area contributed by atoms with Crippen LogP contribution in [0.25, 0.3) is 6.08 Å². The molecule has 0 spiro atoms. The molecule has 2 rings (SSSR count). The molecule has 7 heteroatoms. The zero-order chi connectivity index (χ0) is 19.2. The summed E-state index contributed by atoms with van der Waals surface area (Å²) >= 11 is 6.16. The normalized spacial score (nSPS) is 15.7. The summed E-state index contributed by atoms with van der Waals surface area (Å²) in [6.07, 6.45) is 5.93. The molecule has 1 N–H and O–H groups in total. The largest absolute Gasteiger partial charge is 0.493 e. The number of amides is 1. The number of nitrogens with one attached hydrogen (secondary N) is 1. The topological polar surface area (TPSA) is 73.9 Å². The van der Waals surface area contributed by atoms with Gasteiger partial charge in [-0.15, -0.1) is 0 Å². The quantitative estimate of drug-likeness (QED) is 0.579. The van der Waals surface area contributed by atoms with E-state index in [9.17, 15) is 9.59 Å². The van der Waals surface area contributed by atoms with E-state index in [1.54, 1.807) is 25.1 Å². The van der Waals surface area contributed by atoms with Gasteiger partial charge in [-0.3, -0.25) is 4.79 Å². The highest BCUT2D eigenvalue weighted by atomic mass is 35.5. The minimum absolute atomic E-state index is 0.288. The summed E-state index contributed by atoms with van der Waals surface area (Å²) in [5, 5.41) is 3.20. The predicted octanol–water partition coefficient (Wildman–Crippen LogP) is 3.36. The summed E-state index contributed by atoms with van der Waals surface area (Å²) in [4.78, 5) is 24.6. The summed E-state index contributed by atoms with van der Waals surface area (Å²) in [6, 6.07) is 3.38. The van der Waals surface area contributed by atoms with Gasteiger partial charge in [0.1, 0.15) is 5.54 Å². The van der Waals surface area contributed by atoms with Crippen LogP contribution in [-0.4, -0.2) is 38.2 Å². The highest BCUT2D eigenvalue weighted by Crippen LogP contribution is 2.36. The highest BCUT2D eigenvalue weighted by molar-refractivity contribution is 6.32. The van der Waals surface area contributed by atoms with Crippen LogP contribution in [-0.2, 0) is 14.3 Å². The minimum Gasteiger partial charge on any atom is -0.493 e. The summed E-state index contributed by atoms with van der Waals surface area (Å²) in [5.74, 6) is 0.182. The molecule has 0 unspecified atom stereocenters. The van der Waals surface area contributed by atoms with Crippen molar-refractivity contribution in [1.29, 1.82) is 0 Å². The lowest BCUT2D eigenvalue weighted by Gasteiger charge is -2.27. The molecule has 1 aliphatic rings. The number of carbonyl (C=O) groups excluding carboxylic acids is 2. The molecular formula is C19H24ClNO5. The Morgan fingerprint density at radius 2 is 1.92 bits per heavy atom. The van der Waals surface area contributed by atoms with Crippen LogP contribution >= 0.6 is 11.6 Å². The Morgan fingerprint density at radius 1 is 1.23 bits per heavy atom. The van der Waals surface area contributed by atoms with Crippen molar-refractivity contribution in [2.75, 3.05) is 20.8 Å². The van der Waals surface area contributed by atoms with E-state index < -0.39 is 5.54 Å². The van der Waals surface area contributed by atoms with Crippen molar-refractivity contribution in [3.8, 4) is 11.5 Å². The second kappa shape index (κ2) is 8.94. The third-order valence-electron chi connectivity index (χ3n) is 4.37. The zero-order valence-corrected chi connectivity index (χ0v) is 16.0. The molecule has 142 valence electrons. The number of ether oxygens (including phenoxy) is 3. The van der Waals surface area contributed by atoms with Crippen LogP contribution in [0.4, 0.5) is 0 Å². The van der Waals surface area contributed by atoms with E-state index in [2.05, 4.69) is 5.32 Å². The fraction of sp³-hybridized carbons (Fsp3) is 0.474. The maximum absolute atomic E-state index is 12.4. The van der Waals surface area contributed by atoms with E-state index in [0.29, 0.717) is 34.9 Å². The minimum atomic E-state index is -0.924. The highest BCUT2D eigenvalue weighted by Gasteiger charge is 2.43. The smallest absolute Gasteiger partial charge is 0.331 e. The zero-order valence-electron chi connectivity index (χ0n) is 15.3. The number of benzene rings is 1. The van der Waals surface area contributed by atoms with Gasteiger partial charge >= 0.3 is 5.97 Å². The second-order valence-electron chi connectivity index (χ2n) is 6.07. The number of hydrogen-bond donors (Lipinski definition) is 1. The molecule has 0 aliphatic heterocycles. The Labute approximate surface area is 158 Å². The molecule has 0 atom stereocenters. The van der Waals surface area contributed by atoms with Crippen molar-refractivity contribution in [3.05, 3.63) is 28.8 Å². The summed E-state index contributed by atoms with van der Waals surface area (Å²) in [6.45, 7) is 2.04. The number of carbonyl (C=O) groups is 2. The maximum atomic E-state index is 12.4. The van der Waals surface area contributed by atoms with Crippen LogP contribution in [0.5, 0.6) is 11.5 Å². The van der Waals surface area contributed by atoms with Gasteiger partial charge in [-0.2, -0.15) is 0 Å². The van der Waals surface area contributed by atoms with Crippen LogP contribution in [0.3, 0.4) is 0 Å². The first-order chi connectivity index (χ1) is 12.5. The lowest BCUT2D eigenvalue weighted by Crippen LogP contribution is -2.52. The Bertz CT molecular complexity index is 695. The van der Waals surface area contributed by atoms with Crippen molar-refractivity contribution in [2.45, 2.75) is 38.1 Å². The average Bonchev–Trinajstić information content (AvgIpc) is 3.09. The van der Waals surface area contributed by atoms with Crippen LogP contribution in [0.15, 0.2) is 18.2 Å². The molecule has 0 heterocycles. The molecule has 0 radical (unpaired) electrons. The van der Waals surface area contributed by atoms with Crippen molar-refractivity contribution in [1.82, 2.24) is 5.32 Å². The van der Waals surface area contributed by atoms with Crippen LogP contribution in [0.1, 0.15) is 38.2 Å². The first-order valence-corrected chi connectivity index (χ1v) is 8.92. The summed E-state index contributed by atoms with van der Waals surface area (Å²) in [7, 11) is 3.01. The molecule has 0 saturated heterocycles. The maximum Gasteiger partial charge on any atom is 0.331 e. The Hall–Kier alpha value is -2.21. The average molecular weight is 382 g/mol. The molecule has 1 aromatic rings. The molecule has 0 bridgehead atoms. The van der Waals surface area contributed by atoms with Crippen LogP contribution < -0.4 is 14.8 Å². The molecular weight excluding hydrogens is 358 g/mol. The van der Waals surface area contributed by atoms with E-state index in [0.717, 1.165) is 12.8 Å². The lowest BCUT2D eigenvalue weighted by molar-refractivity contribution is -0.152. The van der Waals surface area contributed by atoms with Crippen molar-refractivity contribution >= 4 is 29.6 Å². The van der Waals surface area contributed by atoms with E-state index in [-0.39, 0.29) is 18.5 Å². The molecule has 1 aliphatic carbocycles. The fourth-order valence-corrected chi connectivity index (χ4v) is 3.41. The number of esters is 1. The third-order valence-corrected chi connectivity index (χ3v) is 4.65. The monoisotopic (exact) mass is 381 g/mol. The van der Waals surface area contributed by atoms with Crippen molar-refractivity contribution < 1.29 is 23.8 Å². The number of hydrogen-bond acceptors (Lipinski definition) is 5. The molecule has 1 saturated carbocycles. The summed E-state index contributed by atoms with van der Waals surface area (Å²) in [5.41, 5.74) is -0.244. The second-order valence-corrected chi connectivity index (χ2v) is 6.48. The van der Waals surface area contributed by atoms with E-state index in [1.807, 2.05) is 0 Å². The van der Waals surface area contributed by atoms with Crippen molar-refractivity contribution in [3.63, 3.8) is 0 Å². The molecule has 6 nitrogen and oxygen atoms in total. The van der Waals surface area contributed by atoms with Gasteiger partial charge in [0.05, 0.1) is 25.8 Å². The molecule has 0 aromatic heterocycles. The predicted molar refractivity (Wildman–Crippen MR) is 99.6 cm³/mol. The van der Waals surface area contributed by atoms with Gasteiger partial charge in [-0.1, -0.05) is 24.4 Å². The molecule has 26 heavy (non-hydrogen) atoms. The van der Waals surface area contributed by atoms with Gasteiger partial charge < -0.3 is 19.5 Å². The van der Waals surface area contributed by atoms with Gasteiger partial charge in [-0.05, 0) is 43.5 Å². The number of halogens is 1.